The molecule has 1 N–H and O–H groups in total. The Morgan fingerprint density at radius 3 is 2.67 bits per heavy atom. The molecule has 0 spiro atoms. The summed E-state index contributed by atoms with van der Waals surface area (Å²) in [4.78, 5) is 0. The van der Waals surface area contributed by atoms with Gasteiger partial charge in [-0.25, -0.2) is 4.39 Å². The van der Waals surface area contributed by atoms with Gasteiger partial charge in [0, 0.05) is 12.2 Å². The number of anilines is 1. The third-order valence-corrected chi connectivity index (χ3v) is 3.00. The molecule has 1 unspecified atom stereocenters. The molecular formula is C15H15ClFN. The van der Waals surface area contributed by atoms with Gasteiger partial charge in [0.15, 0.2) is 0 Å². The molecule has 0 amide bonds. The zero-order valence-corrected chi connectivity index (χ0v) is 10.9. The summed E-state index contributed by atoms with van der Waals surface area (Å²) in [6.07, 6.45) is 0. The Labute approximate surface area is 112 Å². The third-order valence-electron chi connectivity index (χ3n) is 2.76. The van der Waals surface area contributed by atoms with Gasteiger partial charge in [-0.15, -0.1) is 11.6 Å². The number of nitrogens with one attached hydrogen (secondary N) is 1. The van der Waals surface area contributed by atoms with Gasteiger partial charge in [-0.3, -0.25) is 0 Å². The second kappa shape index (κ2) is 5.87. The van der Waals surface area contributed by atoms with Crippen LogP contribution in [0, 0.1) is 5.82 Å². The van der Waals surface area contributed by atoms with Crippen LogP contribution in [0.3, 0.4) is 0 Å². The molecule has 0 heterocycles. The highest BCUT2D eigenvalue weighted by Crippen LogP contribution is 2.27. The summed E-state index contributed by atoms with van der Waals surface area (Å²) >= 11 is 6.12. The highest BCUT2D eigenvalue weighted by molar-refractivity contribution is 6.21. The van der Waals surface area contributed by atoms with Crippen LogP contribution in [0.25, 0.3) is 0 Å². The molecule has 3 heteroatoms. The van der Waals surface area contributed by atoms with E-state index in [9.17, 15) is 4.39 Å². The maximum absolute atomic E-state index is 13.1. The molecule has 1 nitrogen and oxygen atoms in total. The van der Waals surface area contributed by atoms with E-state index < -0.39 is 0 Å². The lowest BCUT2D eigenvalue weighted by molar-refractivity contribution is 0.626. The summed E-state index contributed by atoms with van der Waals surface area (Å²) in [5.74, 6) is -0.215. The average molecular weight is 264 g/mol. The minimum atomic E-state index is -0.215. The van der Waals surface area contributed by atoms with Crippen molar-refractivity contribution in [1.29, 1.82) is 0 Å². The average Bonchev–Trinajstić information content (AvgIpc) is 2.37. The molecule has 94 valence electrons. The first-order valence-corrected chi connectivity index (χ1v) is 6.32. The Balaban J connectivity index is 2.11. The van der Waals surface area contributed by atoms with Crippen LogP contribution in [0.4, 0.5) is 10.1 Å². The van der Waals surface area contributed by atoms with Crippen molar-refractivity contribution >= 4 is 17.3 Å². The molecule has 0 aliphatic heterocycles. The lowest BCUT2D eigenvalue weighted by Crippen LogP contribution is -2.02. The summed E-state index contributed by atoms with van der Waals surface area (Å²) in [5, 5.41) is 3.23. The molecule has 2 aromatic rings. The van der Waals surface area contributed by atoms with Gasteiger partial charge in [0.1, 0.15) is 5.82 Å². The predicted octanol–water partition coefficient (Wildman–Crippen LogP) is 4.74. The summed E-state index contributed by atoms with van der Waals surface area (Å²) < 4.78 is 13.1. The minimum absolute atomic E-state index is 0.0544. The first-order chi connectivity index (χ1) is 8.66. The van der Waals surface area contributed by atoms with Gasteiger partial charge < -0.3 is 5.32 Å². The van der Waals surface area contributed by atoms with Gasteiger partial charge in [0.25, 0.3) is 0 Å². The summed E-state index contributed by atoms with van der Waals surface area (Å²) in [6.45, 7) is 2.52. The molecular weight excluding hydrogens is 249 g/mol. The molecule has 0 fully saturated rings. The third kappa shape index (κ3) is 3.23. The Hall–Kier alpha value is -1.54. The largest absolute Gasteiger partial charge is 0.381 e. The topological polar surface area (TPSA) is 12.0 Å². The highest BCUT2D eigenvalue weighted by Gasteiger charge is 2.06. The molecule has 18 heavy (non-hydrogen) atoms. The monoisotopic (exact) mass is 263 g/mol. The molecule has 0 aliphatic carbocycles. The number of rotatable bonds is 4. The zero-order chi connectivity index (χ0) is 13.0. The van der Waals surface area contributed by atoms with E-state index in [1.807, 2.05) is 37.3 Å². The number of hydrogen-bond acceptors (Lipinski definition) is 1. The standard InChI is InChI=1S/C15H15ClFN/c1-11(16)14-7-2-3-8-15(14)18-10-12-5-4-6-13(17)9-12/h2-9,11,18H,10H2,1H3. The van der Waals surface area contributed by atoms with Crippen LogP contribution in [-0.2, 0) is 6.54 Å². The summed E-state index contributed by atoms with van der Waals surface area (Å²) in [6, 6.07) is 14.5. The summed E-state index contributed by atoms with van der Waals surface area (Å²) in [7, 11) is 0. The van der Waals surface area contributed by atoms with Crippen molar-refractivity contribution in [1.82, 2.24) is 0 Å². The quantitative estimate of drug-likeness (QED) is 0.786. The molecule has 0 saturated carbocycles. The van der Waals surface area contributed by atoms with E-state index in [-0.39, 0.29) is 11.2 Å². The van der Waals surface area contributed by atoms with Crippen molar-refractivity contribution in [3.05, 3.63) is 65.5 Å². The maximum atomic E-state index is 13.1. The smallest absolute Gasteiger partial charge is 0.123 e. The van der Waals surface area contributed by atoms with Crippen LogP contribution in [0.15, 0.2) is 48.5 Å². The van der Waals surface area contributed by atoms with E-state index in [0.717, 1.165) is 16.8 Å². The SMILES string of the molecule is CC(Cl)c1ccccc1NCc1cccc(F)c1. The molecule has 2 aromatic carbocycles. The van der Waals surface area contributed by atoms with E-state index in [4.69, 9.17) is 11.6 Å². The van der Waals surface area contributed by atoms with Gasteiger partial charge in [-0.1, -0.05) is 30.3 Å². The lowest BCUT2D eigenvalue weighted by atomic mass is 10.1. The molecule has 0 radical (unpaired) electrons. The maximum Gasteiger partial charge on any atom is 0.123 e. The lowest BCUT2D eigenvalue weighted by Gasteiger charge is -2.13. The van der Waals surface area contributed by atoms with Crippen molar-refractivity contribution in [3.8, 4) is 0 Å². The van der Waals surface area contributed by atoms with E-state index >= 15 is 0 Å². The fourth-order valence-corrected chi connectivity index (χ4v) is 2.04. The molecule has 0 aliphatic rings. The first-order valence-electron chi connectivity index (χ1n) is 5.88. The van der Waals surface area contributed by atoms with Crippen LogP contribution >= 0.6 is 11.6 Å². The molecule has 0 saturated heterocycles. The Bertz CT molecular complexity index is 525. The zero-order valence-electron chi connectivity index (χ0n) is 10.2. The van der Waals surface area contributed by atoms with Crippen LogP contribution in [0.1, 0.15) is 23.4 Å². The number of halogens is 2. The van der Waals surface area contributed by atoms with Crippen molar-refractivity contribution in [2.24, 2.45) is 0 Å². The van der Waals surface area contributed by atoms with E-state index in [0.29, 0.717) is 6.54 Å². The molecule has 1 atom stereocenters. The van der Waals surface area contributed by atoms with Crippen LogP contribution in [0.2, 0.25) is 0 Å². The Morgan fingerprint density at radius 1 is 1.17 bits per heavy atom. The Morgan fingerprint density at radius 2 is 1.94 bits per heavy atom. The molecule has 2 rings (SSSR count). The van der Waals surface area contributed by atoms with E-state index in [2.05, 4.69) is 5.32 Å². The Kier molecular flexibility index (Phi) is 4.21. The van der Waals surface area contributed by atoms with Gasteiger partial charge in [-0.2, -0.15) is 0 Å². The van der Waals surface area contributed by atoms with Crippen molar-refractivity contribution in [2.75, 3.05) is 5.32 Å². The van der Waals surface area contributed by atoms with Crippen molar-refractivity contribution < 1.29 is 4.39 Å². The molecule has 0 bridgehead atoms. The van der Waals surface area contributed by atoms with Crippen LogP contribution in [-0.4, -0.2) is 0 Å². The van der Waals surface area contributed by atoms with Crippen LogP contribution in [0.5, 0.6) is 0 Å². The highest BCUT2D eigenvalue weighted by atomic mass is 35.5. The summed E-state index contributed by atoms with van der Waals surface area (Å²) in [5.41, 5.74) is 2.95. The second-order valence-electron chi connectivity index (χ2n) is 4.19. The predicted molar refractivity (Wildman–Crippen MR) is 74.4 cm³/mol. The first kappa shape index (κ1) is 12.9. The fraction of sp³-hybridized carbons (Fsp3) is 0.200. The van der Waals surface area contributed by atoms with Crippen LogP contribution < -0.4 is 5.32 Å². The van der Waals surface area contributed by atoms with Gasteiger partial charge in [0.05, 0.1) is 5.38 Å². The van der Waals surface area contributed by atoms with Crippen molar-refractivity contribution in [3.63, 3.8) is 0 Å². The minimum Gasteiger partial charge on any atom is -0.381 e. The van der Waals surface area contributed by atoms with E-state index in [1.54, 1.807) is 6.07 Å². The number of alkyl halides is 1. The number of hydrogen-bond donors (Lipinski definition) is 1. The number of benzene rings is 2. The van der Waals surface area contributed by atoms with Gasteiger partial charge in [-0.05, 0) is 36.2 Å². The normalized spacial score (nSPS) is 12.2. The number of para-hydroxylation sites is 1. The van der Waals surface area contributed by atoms with Crippen molar-refractivity contribution in [2.45, 2.75) is 18.8 Å². The fourth-order valence-electron chi connectivity index (χ4n) is 1.85. The van der Waals surface area contributed by atoms with Gasteiger partial charge in [0.2, 0.25) is 0 Å². The van der Waals surface area contributed by atoms with E-state index in [1.165, 1.54) is 12.1 Å². The second-order valence-corrected chi connectivity index (χ2v) is 4.84. The molecule has 0 aromatic heterocycles. The van der Waals surface area contributed by atoms with Gasteiger partial charge >= 0.3 is 0 Å².